The number of nitrogens with zero attached hydrogens (tertiary/aromatic N) is 1. The Morgan fingerprint density at radius 2 is 1.18 bits per heavy atom. The molecule has 0 heterocycles. The maximum atomic E-state index is 14.4. The molecule has 14 heteroatoms. The van der Waals surface area contributed by atoms with Crippen LogP contribution in [0.5, 0.6) is 0 Å². The predicted octanol–water partition coefficient (Wildman–Crippen LogP) is 4.55. The zero-order chi connectivity index (χ0) is 48.6. The summed E-state index contributed by atoms with van der Waals surface area (Å²) in [6.45, 7) is 11.0. The molecule has 5 atom stereocenters. The maximum absolute atomic E-state index is 14.4. The lowest BCUT2D eigenvalue weighted by molar-refractivity contribution is -0.219. The number of nitrogens with one attached hydrogen (secondary N) is 5. The average molecular weight is 918 g/mol. The summed E-state index contributed by atoms with van der Waals surface area (Å²) in [5.74, 6) is -4.13. The molecular formula is C53H69N6O8-. The Balaban J connectivity index is 1.63. The van der Waals surface area contributed by atoms with Gasteiger partial charge in [-0.2, -0.15) is 0 Å². The highest BCUT2D eigenvalue weighted by atomic mass is 16.5. The summed E-state index contributed by atoms with van der Waals surface area (Å²) in [4.78, 5) is 73.3. The maximum Gasteiger partial charge on any atom is 0.243 e. The molecule has 360 valence electrons. The number of benzene rings is 4. The molecule has 67 heavy (non-hydrogen) atoms. The number of Topliss-reactive ketones (excluding diaryl/α,β-unsaturated/α-hetero) is 1. The first-order valence-corrected chi connectivity index (χ1v) is 23.2. The van der Waals surface area contributed by atoms with E-state index >= 15 is 0 Å². The number of carbonyl (C=O) groups is 5. The first-order chi connectivity index (χ1) is 32.3. The minimum atomic E-state index is -1.38. The fraction of sp³-hybridized carbons (Fsp3) is 0.434. The van der Waals surface area contributed by atoms with Crippen molar-refractivity contribution < 1.29 is 38.6 Å². The Kier molecular flexibility index (Phi) is 22.4. The molecule has 4 amide bonds. The van der Waals surface area contributed by atoms with Crippen LogP contribution >= 0.6 is 0 Å². The van der Waals surface area contributed by atoms with E-state index in [0.717, 1.165) is 27.8 Å². The monoisotopic (exact) mass is 918 g/mol. The van der Waals surface area contributed by atoms with Gasteiger partial charge < -0.3 is 41.2 Å². The second kappa shape index (κ2) is 28.1. The van der Waals surface area contributed by atoms with Crippen molar-refractivity contribution in [3.05, 3.63) is 143 Å². The molecule has 0 saturated carbocycles. The van der Waals surface area contributed by atoms with Gasteiger partial charge in [0.1, 0.15) is 29.4 Å². The van der Waals surface area contributed by atoms with Crippen molar-refractivity contribution in [2.75, 3.05) is 46.6 Å². The van der Waals surface area contributed by atoms with Gasteiger partial charge in [-0.25, -0.2) is 0 Å². The molecule has 4 rings (SSSR count). The minimum Gasteiger partial charge on any atom is -0.862 e. The fourth-order valence-corrected chi connectivity index (χ4v) is 7.58. The van der Waals surface area contributed by atoms with Crippen molar-refractivity contribution in [2.45, 2.75) is 90.4 Å². The molecule has 14 nitrogen and oxygen atoms in total. The Hall–Kier alpha value is -6.22. The highest BCUT2D eigenvalue weighted by Crippen LogP contribution is 2.40. The number of hydrogen-bond acceptors (Lipinski definition) is 10. The molecule has 1 unspecified atom stereocenters. The van der Waals surface area contributed by atoms with Crippen LogP contribution in [0.4, 0.5) is 0 Å². The second-order valence-electron chi connectivity index (χ2n) is 17.0. The molecule has 0 aliphatic heterocycles. The topological polar surface area (TPSA) is 199 Å². The number of ether oxygens (including phenoxy) is 2. The molecule has 4 aromatic carbocycles. The summed E-state index contributed by atoms with van der Waals surface area (Å²) in [5.41, 5.74) is 3.04. The summed E-state index contributed by atoms with van der Waals surface area (Å²) < 4.78 is 11.0. The molecule has 0 saturated heterocycles. The normalized spacial score (nSPS) is 13.9. The van der Waals surface area contributed by atoms with E-state index in [2.05, 4.69) is 26.6 Å². The molecule has 0 aliphatic carbocycles. The van der Waals surface area contributed by atoms with Crippen molar-refractivity contribution in [2.24, 2.45) is 16.8 Å². The average Bonchev–Trinajstić information content (AvgIpc) is 3.33. The van der Waals surface area contributed by atoms with Crippen molar-refractivity contribution in [1.29, 1.82) is 0 Å². The van der Waals surface area contributed by atoms with E-state index in [9.17, 15) is 29.1 Å². The number of carbonyl (C=O) groups excluding carboxylic acids is 5. The third-order valence-electron chi connectivity index (χ3n) is 11.6. The molecule has 0 bridgehead atoms. The van der Waals surface area contributed by atoms with Gasteiger partial charge in [-0.05, 0) is 74.2 Å². The molecule has 0 radical (unpaired) electrons. The van der Waals surface area contributed by atoms with E-state index in [1.807, 2.05) is 143 Å². The van der Waals surface area contributed by atoms with Crippen molar-refractivity contribution >= 4 is 35.3 Å². The van der Waals surface area contributed by atoms with E-state index in [0.29, 0.717) is 39.2 Å². The van der Waals surface area contributed by atoms with Crippen LogP contribution in [0.2, 0.25) is 0 Å². The molecular weight excluding hydrogens is 849 g/mol. The van der Waals surface area contributed by atoms with E-state index in [1.165, 1.54) is 6.92 Å². The highest BCUT2D eigenvalue weighted by Gasteiger charge is 2.37. The van der Waals surface area contributed by atoms with Gasteiger partial charge in [-0.3, -0.25) is 29.0 Å². The largest absolute Gasteiger partial charge is 0.862 e. The number of aliphatic imine (C=N–C) groups is 1. The molecule has 0 fully saturated rings. The molecule has 4 aromatic rings. The number of amides is 4. The van der Waals surface area contributed by atoms with Crippen LogP contribution in [-0.2, 0) is 45.4 Å². The smallest absolute Gasteiger partial charge is 0.243 e. The predicted molar refractivity (Wildman–Crippen MR) is 259 cm³/mol. The van der Waals surface area contributed by atoms with Gasteiger partial charge in [-0.1, -0.05) is 148 Å². The number of likely N-dealkylation sites (N-methyl/N-ethyl adjacent to an activating group) is 1. The van der Waals surface area contributed by atoms with Crippen LogP contribution in [0.25, 0.3) is 0 Å². The molecule has 5 N–H and O–H groups in total. The van der Waals surface area contributed by atoms with E-state index < -0.39 is 53.2 Å². The van der Waals surface area contributed by atoms with Gasteiger partial charge in [0.05, 0.1) is 26.4 Å². The van der Waals surface area contributed by atoms with E-state index in [4.69, 9.17) is 14.5 Å². The van der Waals surface area contributed by atoms with Gasteiger partial charge in [0.25, 0.3) is 0 Å². The number of hydrogen-bond donors (Lipinski definition) is 5. The SMILES string of the molecule is CCC(C)[C@H](NC(=O)[C@@H](C)Cc1ccc(C)cc1)C(=O)N[C@@H](CCC([O-])=NC(c1ccccc1)(c1ccccc1)c1ccccc1)C(=O)N[C@@H](CC(C)=O)C(=O)NCCOCCOCCNC. The highest BCUT2D eigenvalue weighted by molar-refractivity contribution is 5.96. The van der Waals surface area contributed by atoms with Gasteiger partial charge >= 0.3 is 0 Å². The standard InChI is InChI=1S/C53H70N6O8/c1-7-38(3)48(58-49(62)39(4)35-41-25-23-37(2)24-26-41)52(65)56-45(51(64)57-46(36-40(5)60)50(63)55-30-32-67-34-33-66-31-29-54-6)27-28-47(61)59-53(42-17-11-8-12-18-42,43-19-13-9-14-20-43)44-21-15-10-16-22-44/h8-26,38-39,45-46,48,54H,7,27-36H2,1-6H3,(H,55,63)(H,56,65)(H,57,64)(H,58,62)(H,59,61)/p-1/t38?,39-,45-,46-,48-/m0/s1. The Morgan fingerprint density at radius 1 is 0.657 bits per heavy atom. The summed E-state index contributed by atoms with van der Waals surface area (Å²) in [6.07, 6.45) is 0.127. The Labute approximate surface area is 396 Å². The number of ketones is 1. The van der Waals surface area contributed by atoms with Gasteiger partial charge in [0.2, 0.25) is 23.6 Å². The quantitative estimate of drug-likeness (QED) is 0.0225. The minimum absolute atomic E-state index is 0.0976. The first kappa shape index (κ1) is 53.4. The lowest BCUT2D eigenvalue weighted by Gasteiger charge is -2.34. The van der Waals surface area contributed by atoms with Crippen molar-refractivity contribution in [1.82, 2.24) is 26.6 Å². The third-order valence-corrected chi connectivity index (χ3v) is 11.6. The zero-order valence-corrected chi connectivity index (χ0v) is 39.8. The molecule has 0 spiro atoms. The van der Waals surface area contributed by atoms with E-state index in [1.54, 1.807) is 6.92 Å². The van der Waals surface area contributed by atoms with E-state index in [-0.39, 0.29) is 50.0 Å². The second-order valence-corrected chi connectivity index (χ2v) is 17.0. The van der Waals surface area contributed by atoms with Crippen LogP contribution in [0.15, 0.2) is 120 Å². The van der Waals surface area contributed by atoms with Crippen LogP contribution < -0.4 is 31.7 Å². The lowest BCUT2D eigenvalue weighted by Crippen LogP contribution is -2.58. The van der Waals surface area contributed by atoms with Crippen molar-refractivity contribution in [3.63, 3.8) is 0 Å². The summed E-state index contributed by atoms with van der Waals surface area (Å²) in [5, 5.41) is 28.5. The first-order valence-electron chi connectivity index (χ1n) is 23.2. The zero-order valence-electron chi connectivity index (χ0n) is 39.8. The number of rotatable bonds is 29. The summed E-state index contributed by atoms with van der Waals surface area (Å²) in [6, 6.07) is 32.6. The lowest BCUT2D eigenvalue weighted by atomic mass is 9.77. The molecule has 0 aliphatic rings. The van der Waals surface area contributed by atoms with Crippen LogP contribution in [0.1, 0.15) is 81.2 Å². The summed E-state index contributed by atoms with van der Waals surface area (Å²) in [7, 11) is 1.83. The van der Waals surface area contributed by atoms with Gasteiger partial charge in [0, 0.05) is 25.4 Å². The van der Waals surface area contributed by atoms with Gasteiger partial charge in [-0.15, -0.1) is 0 Å². The van der Waals surface area contributed by atoms with Crippen LogP contribution in [0.3, 0.4) is 0 Å². The van der Waals surface area contributed by atoms with Gasteiger partial charge in [0.15, 0.2) is 0 Å². The van der Waals surface area contributed by atoms with Crippen LogP contribution in [-0.4, -0.2) is 100.0 Å². The van der Waals surface area contributed by atoms with Crippen LogP contribution in [0, 0.1) is 18.8 Å². The third kappa shape index (κ3) is 16.9. The fourth-order valence-electron chi connectivity index (χ4n) is 7.58. The Morgan fingerprint density at radius 3 is 1.69 bits per heavy atom. The summed E-state index contributed by atoms with van der Waals surface area (Å²) >= 11 is 0. The molecule has 0 aromatic heterocycles. The van der Waals surface area contributed by atoms with Crippen molar-refractivity contribution in [3.8, 4) is 0 Å². The Bertz CT molecular complexity index is 2080. The number of aryl methyl sites for hydroxylation is 1.